The number of carbonyl (C=O) groups excluding carboxylic acids is 2. The van der Waals surface area contributed by atoms with Gasteiger partial charge >= 0.3 is 0 Å². The van der Waals surface area contributed by atoms with Crippen molar-refractivity contribution in [1.82, 2.24) is 10.2 Å². The van der Waals surface area contributed by atoms with Crippen molar-refractivity contribution in [1.29, 1.82) is 0 Å². The number of rotatable bonds is 9. The van der Waals surface area contributed by atoms with Crippen LogP contribution < -0.4 is 5.32 Å². The van der Waals surface area contributed by atoms with Crippen molar-refractivity contribution in [3.05, 3.63) is 64.7 Å². The van der Waals surface area contributed by atoms with E-state index in [1.165, 1.54) is 0 Å². The zero-order chi connectivity index (χ0) is 20.5. The second-order valence-electron chi connectivity index (χ2n) is 6.60. The zero-order valence-electron chi connectivity index (χ0n) is 16.6. The summed E-state index contributed by atoms with van der Waals surface area (Å²) in [6.07, 6.45) is 0.939. The van der Waals surface area contributed by atoms with Gasteiger partial charge in [0.15, 0.2) is 0 Å². The molecule has 2 rings (SSSR count). The second kappa shape index (κ2) is 11.1. The van der Waals surface area contributed by atoms with Crippen LogP contribution in [-0.2, 0) is 16.1 Å². The lowest BCUT2D eigenvalue weighted by molar-refractivity contribution is -0.140. The molecule has 150 valence electrons. The summed E-state index contributed by atoms with van der Waals surface area (Å²) in [7, 11) is 1.61. The van der Waals surface area contributed by atoms with Crippen LogP contribution >= 0.6 is 23.4 Å². The Hall–Kier alpha value is -1.98. The molecule has 1 N–H and O–H groups in total. The molecule has 6 heteroatoms. The molecule has 2 aromatic carbocycles. The van der Waals surface area contributed by atoms with Crippen molar-refractivity contribution >= 4 is 35.2 Å². The number of aryl methyl sites for hydroxylation is 1. The van der Waals surface area contributed by atoms with Crippen molar-refractivity contribution in [3.8, 4) is 0 Å². The molecule has 2 aromatic rings. The third kappa shape index (κ3) is 6.57. The van der Waals surface area contributed by atoms with Crippen molar-refractivity contribution in [2.45, 2.75) is 44.2 Å². The average molecular weight is 419 g/mol. The zero-order valence-corrected chi connectivity index (χ0v) is 18.1. The van der Waals surface area contributed by atoms with Gasteiger partial charge in [0.05, 0.1) is 0 Å². The van der Waals surface area contributed by atoms with E-state index < -0.39 is 6.04 Å². The maximum Gasteiger partial charge on any atom is 0.242 e. The first-order chi connectivity index (χ1) is 13.4. The van der Waals surface area contributed by atoms with E-state index in [0.717, 1.165) is 16.0 Å². The Morgan fingerprint density at radius 2 is 1.89 bits per heavy atom. The molecular formula is C22H27ClN2O2S. The number of nitrogens with one attached hydrogen (secondary N) is 1. The Morgan fingerprint density at radius 1 is 1.18 bits per heavy atom. The van der Waals surface area contributed by atoms with E-state index in [2.05, 4.69) is 11.4 Å². The van der Waals surface area contributed by atoms with Crippen LogP contribution in [0, 0.1) is 6.92 Å². The van der Waals surface area contributed by atoms with Crippen LogP contribution in [0.1, 0.15) is 30.9 Å². The molecule has 0 bridgehead atoms. The molecule has 0 spiro atoms. The third-order valence-electron chi connectivity index (χ3n) is 4.47. The molecule has 0 radical (unpaired) electrons. The summed E-state index contributed by atoms with van der Waals surface area (Å²) in [6.45, 7) is 4.38. The highest BCUT2D eigenvalue weighted by molar-refractivity contribution is 7.99. The molecule has 0 aliphatic carbocycles. The minimum atomic E-state index is -0.474. The average Bonchev–Trinajstić information content (AvgIpc) is 2.69. The molecule has 0 saturated carbocycles. The molecule has 0 fully saturated rings. The van der Waals surface area contributed by atoms with E-state index in [0.29, 0.717) is 30.2 Å². The quantitative estimate of drug-likeness (QED) is 0.601. The Labute approximate surface area is 176 Å². The minimum Gasteiger partial charge on any atom is -0.357 e. The van der Waals surface area contributed by atoms with Crippen LogP contribution in [-0.4, -0.2) is 35.6 Å². The van der Waals surface area contributed by atoms with Crippen molar-refractivity contribution < 1.29 is 9.59 Å². The van der Waals surface area contributed by atoms with Gasteiger partial charge in [0.2, 0.25) is 11.8 Å². The molecule has 0 aliphatic heterocycles. The van der Waals surface area contributed by atoms with E-state index in [1.54, 1.807) is 23.7 Å². The van der Waals surface area contributed by atoms with Crippen molar-refractivity contribution in [3.63, 3.8) is 0 Å². The molecule has 0 aromatic heterocycles. The summed E-state index contributed by atoms with van der Waals surface area (Å²) in [4.78, 5) is 28.1. The minimum absolute atomic E-state index is 0.0154. The lowest BCUT2D eigenvalue weighted by atomic mass is 10.1. The number of halogens is 1. The van der Waals surface area contributed by atoms with Crippen LogP contribution in [0.4, 0.5) is 0 Å². The normalized spacial score (nSPS) is 11.7. The fraction of sp³-hybridized carbons (Fsp3) is 0.364. The van der Waals surface area contributed by atoms with Gasteiger partial charge in [-0.3, -0.25) is 9.59 Å². The lowest BCUT2D eigenvalue weighted by Crippen LogP contribution is -2.48. The van der Waals surface area contributed by atoms with Crippen molar-refractivity contribution in [2.24, 2.45) is 0 Å². The number of carbonyl (C=O) groups is 2. The summed E-state index contributed by atoms with van der Waals surface area (Å²) in [5.41, 5.74) is 2.16. The van der Waals surface area contributed by atoms with Gasteiger partial charge in [0.25, 0.3) is 0 Å². The first-order valence-corrected chi connectivity index (χ1v) is 10.8. The predicted octanol–water partition coefficient (Wildman–Crippen LogP) is 4.68. The number of likely N-dealkylation sites (N-methyl/N-ethyl adjacent to an activating group) is 1. The largest absolute Gasteiger partial charge is 0.357 e. The van der Waals surface area contributed by atoms with Gasteiger partial charge in [-0.25, -0.2) is 0 Å². The van der Waals surface area contributed by atoms with E-state index in [4.69, 9.17) is 11.6 Å². The molecule has 0 unspecified atom stereocenters. The number of benzene rings is 2. The Kier molecular flexibility index (Phi) is 8.87. The first kappa shape index (κ1) is 22.3. The summed E-state index contributed by atoms with van der Waals surface area (Å²) in [5, 5.41) is 3.38. The van der Waals surface area contributed by atoms with Gasteiger partial charge < -0.3 is 10.2 Å². The molecule has 28 heavy (non-hydrogen) atoms. The molecule has 4 nitrogen and oxygen atoms in total. The number of hydrogen-bond donors (Lipinski definition) is 1. The van der Waals surface area contributed by atoms with Gasteiger partial charge in [0.1, 0.15) is 6.04 Å². The van der Waals surface area contributed by atoms with E-state index in [-0.39, 0.29) is 11.8 Å². The fourth-order valence-corrected chi connectivity index (χ4v) is 3.99. The van der Waals surface area contributed by atoms with Crippen LogP contribution in [0.15, 0.2) is 53.4 Å². The summed E-state index contributed by atoms with van der Waals surface area (Å²) in [5.74, 6) is 0.502. The van der Waals surface area contributed by atoms with Crippen LogP contribution in [0.3, 0.4) is 0 Å². The highest BCUT2D eigenvalue weighted by atomic mass is 35.5. The monoisotopic (exact) mass is 418 g/mol. The third-order valence-corrected chi connectivity index (χ3v) is 5.73. The fourth-order valence-electron chi connectivity index (χ4n) is 3.02. The maximum absolute atomic E-state index is 13.0. The van der Waals surface area contributed by atoms with Gasteiger partial charge in [0, 0.05) is 35.7 Å². The van der Waals surface area contributed by atoms with Crippen LogP contribution in [0.2, 0.25) is 5.02 Å². The molecule has 0 aliphatic rings. The van der Waals surface area contributed by atoms with E-state index >= 15 is 0 Å². The molecule has 0 saturated heterocycles. The number of thioether (sulfide) groups is 1. The van der Waals surface area contributed by atoms with Crippen LogP contribution in [0.5, 0.6) is 0 Å². The number of hydrogen-bond acceptors (Lipinski definition) is 3. The molecule has 0 heterocycles. The number of amides is 2. The Bertz CT molecular complexity index is 795. The topological polar surface area (TPSA) is 49.4 Å². The van der Waals surface area contributed by atoms with Gasteiger partial charge in [-0.05, 0) is 43.2 Å². The summed E-state index contributed by atoms with van der Waals surface area (Å²) >= 11 is 7.52. The SMILES string of the molecule is CC[C@H](C(=O)NC)N(Cc1cccc(C)c1)C(=O)CCSc1ccc(Cl)cc1. The highest BCUT2D eigenvalue weighted by Crippen LogP contribution is 2.22. The van der Waals surface area contributed by atoms with Gasteiger partial charge in [-0.15, -0.1) is 11.8 Å². The first-order valence-electron chi connectivity index (χ1n) is 9.39. The molecule has 1 atom stereocenters. The predicted molar refractivity (Wildman–Crippen MR) is 117 cm³/mol. The second-order valence-corrected chi connectivity index (χ2v) is 8.21. The Balaban J connectivity index is 2.08. The molecular weight excluding hydrogens is 392 g/mol. The van der Waals surface area contributed by atoms with Crippen LogP contribution in [0.25, 0.3) is 0 Å². The molecule has 2 amide bonds. The van der Waals surface area contributed by atoms with E-state index in [9.17, 15) is 9.59 Å². The van der Waals surface area contributed by atoms with Crippen molar-refractivity contribution in [2.75, 3.05) is 12.8 Å². The lowest BCUT2D eigenvalue weighted by Gasteiger charge is -2.30. The van der Waals surface area contributed by atoms with Gasteiger partial charge in [-0.1, -0.05) is 48.4 Å². The smallest absolute Gasteiger partial charge is 0.242 e. The maximum atomic E-state index is 13.0. The standard InChI is InChI=1S/C22H27ClN2O2S/c1-4-20(22(27)24-3)25(15-17-7-5-6-16(2)14-17)21(26)12-13-28-19-10-8-18(23)9-11-19/h5-11,14,20H,4,12-13,15H2,1-3H3,(H,24,27)/t20-/m1/s1. The summed E-state index contributed by atoms with van der Waals surface area (Å²) < 4.78 is 0. The van der Waals surface area contributed by atoms with Gasteiger partial charge in [-0.2, -0.15) is 0 Å². The van der Waals surface area contributed by atoms with E-state index in [1.807, 2.05) is 56.3 Å². The number of nitrogens with zero attached hydrogens (tertiary/aromatic N) is 1. The Morgan fingerprint density at radius 3 is 2.50 bits per heavy atom. The summed E-state index contributed by atoms with van der Waals surface area (Å²) in [6, 6.07) is 15.1. The highest BCUT2D eigenvalue weighted by Gasteiger charge is 2.27.